The van der Waals surface area contributed by atoms with Gasteiger partial charge in [0.15, 0.2) is 17.8 Å². The molecule has 0 radical (unpaired) electrons. The summed E-state index contributed by atoms with van der Waals surface area (Å²) >= 11 is 0. The lowest BCUT2D eigenvalue weighted by atomic mass is 9.98. The van der Waals surface area contributed by atoms with E-state index in [-0.39, 0.29) is 27.9 Å². The van der Waals surface area contributed by atoms with E-state index in [9.17, 15) is 35.4 Å². The first-order chi connectivity index (χ1) is 20.5. The third-order valence-electron chi connectivity index (χ3n) is 7.60. The highest BCUT2D eigenvalue weighted by Crippen LogP contribution is 2.35. The number of rotatable bonds is 8. The largest absolute Gasteiger partial charge is 0.497 e. The Bertz CT molecular complexity index is 1460. The Kier molecular flexibility index (Phi) is 9.22. The van der Waals surface area contributed by atoms with Crippen LogP contribution in [0, 0.1) is 0 Å². The van der Waals surface area contributed by atoms with E-state index in [0.717, 1.165) is 0 Å². The van der Waals surface area contributed by atoms with Crippen molar-refractivity contribution in [1.82, 2.24) is 0 Å². The number of fused-ring (bicyclic) bond motifs is 1. The van der Waals surface area contributed by atoms with Crippen LogP contribution in [-0.4, -0.2) is 113 Å². The Labute approximate surface area is 245 Å². The molecule has 6 N–H and O–H groups in total. The molecule has 234 valence electrons. The molecule has 5 rings (SSSR count). The minimum Gasteiger partial charge on any atom is -0.497 e. The van der Waals surface area contributed by atoms with Gasteiger partial charge in [-0.15, -0.1) is 0 Å². The lowest BCUT2D eigenvalue weighted by molar-refractivity contribution is -0.318. The van der Waals surface area contributed by atoms with Crippen molar-refractivity contribution in [2.45, 2.75) is 68.3 Å². The molecule has 3 heterocycles. The topological polar surface area (TPSA) is 207 Å². The van der Waals surface area contributed by atoms with E-state index in [4.69, 9.17) is 32.8 Å². The van der Waals surface area contributed by atoms with Crippen LogP contribution in [-0.2, 0) is 14.2 Å². The third kappa shape index (κ3) is 6.06. The Morgan fingerprint density at radius 2 is 1.44 bits per heavy atom. The van der Waals surface area contributed by atoms with Gasteiger partial charge in [0.1, 0.15) is 60.3 Å². The smallest absolute Gasteiger partial charge is 0.229 e. The van der Waals surface area contributed by atoms with Gasteiger partial charge in [-0.1, -0.05) is 12.1 Å². The molecular weight excluding hydrogens is 572 g/mol. The maximum atomic E-state index is 13.3. The SMILES string of the molecule is COc1ccc(-c2coc3cc(O[C@@H]4O[C@H](CO[C@H]5O[C@H](C)[C@@H](O)[C@H](O)[C@@H]5O)[C@@H](O)[C@H](O)[C@H]4O)c(OC)cc3c2=O)cc1. The average Bonchev–Trinajstić information content (AvgIpc) is 3.02. The van der Waals surface area contributed by atoms with E-state index in [1.165, 1.54) is 39.5 Å². The number of methoxy groups -OCH3 is 2. The van der Waals surface area contributed by atoms with Gasteiger partial charge in [0, 0.05) is 6.07 Å². The van der Waals surface area contributed by atoms with Crippen LogP contribution in [0.15, 0.2) is 51.9 Å². The van der Waals surface area contributed by atoms with Crippen molar-refractivity contribution in [3.8, 4) is 28.4 Å². The van der Waals surface area contributed by atoms with Gasteiger partial charge in [0.2, 0.25) is 11.7 Å². The average molecular weight is 607 g/mol. The molecule has 3 aromatic rings. The Morgan fingerprint density at radius 1 is 0.767 bits per heavy atom. The van der Waals surface area contributed by atoms with Gasteiger partial charge in [-0.3, -0.25) is 4.79 Å². The van der Waals surface area contributed by atoms with E-state index in [2.05, 4.69) is 0 Å². The molecule has 10 atom stereocenters. The minimum atomic E-state index is -1.73. The normalized spacial score (nSPS) is 32.9. The van der Waals surface area contributed by atoms with Gasteiger partial charge in [-0.05, 0) is 30.7 Å². The highest BCUT2D eigenvalue weighted by molar-refractivity contribution is 5.84. The molecule has 2 aliphatic rings. The summed E-state index contributed by atoms with van der Waals surface area (Å²) in [7, 11) is 2.88. The summed E-state index contributed by atoms with van der Waals surface area (Å²) in [6.45, 7) is 1.02. The second-order valence-electron chi connectivity index (χ2n) is 10.4. The van der Waals surface area contributed by atoms with Gasteiger partial charge in [-0.25, -0.2) is 0 Å². The van der Waals surface area contributed by atoms with E-state index >= 15 is 0 Å². The standard InChI is InChI=1S/C29H34O14/c1-12-21(30)24(33)26(35)28(41-12)40-11-20-23(32)25(34)27(36)29(43-20)42-19-9-17-15(8-18(19)38-3)22(31)16(10-39-17)13-4-6-14(37-2)7-5-13/h4-10,12,20-21,23-30,32-36H,11H2,1-3H3/t12-,20-,21-,23-,24+,25+,26+,27-,28+,29-/m1/s1. The quantitative estimate of drug-likeness (QED) is 0.191. The van der Waals surface area contributed by atoms with Crippen LogP contribution in [0.1, 0.15) is 6.92 Å². The zero-order chi connectivity index (χ0) is 31.0. The van der Waals surface area contributed by atoms with Crippen LogP contribution in [0.25, 0.3) is 22.1 Å². The first kappa shape index (κ1) is 31.1. The highest BCUT2D eigenvalue weighted by Gasteiger charge is 2.47. The Morgan fingerprint density at radius 3 is 2.12 bits per heavy atom. The van der Waals surface area contributed by atoms with Crippen LogP contribution in [0.3, 0.4) is 0 Å². The lowest BCUT2D eigenvalue weighted by Crippen LogP contribution is -2.61. The fourth-order valence-electron chi connectivity index (χ4n) is 4.98. The van der Waals surface area contributed by atoms with Crippen molar-refractivity contribution < 1.29 is 63.5 Å². The van der Waals surface area contributed by atoms with Gasteiger partial charge in [0.05, 0.1) is 37.9 Å². The Hall–Kier alpha value is -3.31. The number of hydrogen-bond donors (Lipinski definition) is 6. The number of aliphatic hydroxyl groups is 6. The van der Waals surface area contributed by atoms with Crippen molar-refractivity contribution in [3.05, 3.63) is 52.9 Å². The molecule has 0 spiro atoms. The minimum absolute atomic E-state index is 0.000346. The molecule has 2 aliphatic heterocycles. The highest BCUT2D eigenvalue weighted by atomic mass is 16.7. The molecule has 2 saturated heterocycles. The lowest BCUT2D eigenvalue weighted by Gasteiger charge is -2.42. The summed E-state index contributed by atoms with van der Waals surface area (Å²) in [6, 6.07) is 9.66. The fourth-order valence-corrected chi connectivity index (χ4v) is 4.98. The monoisotopic (exact) mass is 606 g/mol. The zero-order valence-electron chi connectivity index (χ0n) is 23.5. The molecule has 14 heteroatoms. The van der Waals surface area contributed by atoms with Gasteiger partial charge in [-0.2, -0.15) is 0 Å². The van der Waals surface area contributed by atoms with Crippen LogP contribution in [0.5, 0.6) is 17.2 Å². The fraction of sp³-hybridized carbons (Fsp3) is 0.483. The number of ether oxygens (including phenoxy) is 6. The Balaban J connectivity index is 1.35. The van der Waals surface area contributed by atoms with E-state index in [1.54, 1.807) is 24.3 Å². The summed E-state index contributed by atoms with van der Waals surface area (Å²) < 4.78 is 38.7. The molecule has 0 bridgehead atoms. The third-order valence-corrected chi connectivity index (χ3v) is 7.60. The zero-order valence-corrected chi connectivity index (χ0v) is 23.5. The van der Waals surface area contributed by atoms with E-state index < -0.39 is 68.0 Å². The van der Waals surface area contributed by atoms with Crippen molar-refractivity contribution in [2.75, 3.05) is 20.8 Å². The molecule has 2 fully saturated rings. The predicted octanol–water partition coefficient (Wildman–Crippen LogP) is -0.492. The van der Waals surface area contributed by atoms with Crippen LogP contribution >= 0.6 is 0 Å². The maximum absolute atomic E-state index is 13.3. The van der Waals surface area contributed by atoms with E-state index in [1.807, 2.05) is 0 Å². The van der Waals surface area contributed by atoms with Gasteiger partial charge >= 0.3 is 0 Å². The first-order valence-electron chi connectivity index (χ1n) is 13.5. The first-order valence-corrected chi connectivity index (χ1v) is 13.5. The summed E-state index contributed by atoms with van der Waals surface area (Å²) in [6.07, 6.45) is -13.3. The molecule has 1 aromatic heterocycles. The van der Waals surface area contributed by atoms with Gasteiger partial charge < -0.3 is 63.5 Å². The molecule has 0 aliphatic carbocycles. The van der Waals surface area contributed by atoms with Crippen molar-refractivity contribution in [3.63, 3.8) is 0 Å². The van der Waals surface area contributed by atoms with Crippen LogP contribution < -0.4 is 19.6 Å². The van der Waals surface area contributed by atoms with Crippen molar-refractivity contribution in [1.29, 1.82) is 0 Å². The maximum Gasteiger partial charge on any atom is 0.229 e. The molecule has 0 unspecified atom stereocenters. The molecule has 14 nitrogen and oxygen atoms in total. The number of benzene rings is 2. The molecule has 2 aromatic carbocycles. The molecule has 0 saturated carbocycles. The second kappa shape index (κ2) is 12.7. The summed E-state index contributed by atoms with van der Waals surface area (Å²) in [5.74, 6) is 0.722. The predicted molar refractivity (Wildman–Crippen MR) is 147 cm³/mol. The summed E-state index contributed by atoms with van der Waals surface area (Å²) in [5.41, 5.74) is 0.726. The number of aliphatic hydroxyl groups excluding tert-OH is 6. The molecular formula is C29H34O14. The van der Waals surface area contributed by atoms with Crippen molar-refractivity contribution in [2.24, 2.45) is 0 Å². The summed E-state index contributed by atoms with van der Waals surface area (Å²) in [5, 5.41) is 61.9. The summed E-state index contributed by atoms with van der Waals surface area (Å²) in [4.78, 5) is 13.3. The van der Waals surface area contributed by atoms with Crippen LogP contribution in [0.4, 0.5) is 0 Å². The van der Waals surface area contributed by atoms with E-state index in [0.29, 0.717) is 16.9 Å². The van der Waals surface area contributed by atoms with Gasteiger partial charge in [0.25, 0.3) is 0 Å². The number of hydrogen-bond acceptors (Lipinski definition) is 14. The molecule has 43 heavy (non-hydrogen) atoms. The molecule has 0 amide bonds. The van der Waals surface area contributed by atoms with Crippen LogP contribution in [0.2, 0.25) is 0 Å². The van der Waals surface area contributed by atoms with Crippen molar-refractivity contribution >= 4 is 11.0 Å². The second-order valence-corrected chi connectivity index (χ2v) is 10.4.